The summed E-state index contributed by atoms with van der Waals surface area (Å²) in [6.45, 7) is 6.84. The summed E-state index contributed by atoms with van der Waals surface area (Å²) in [7, 11) is 1.79. The van der Waals surface area contributed by atoms with Crippen molar-refractivity contribution in [2.75, 3.05) is 31.6 Å². The molecule has 1 unspecified atom stereocenters. The van der Waals surface area contributed by atoms with Crippen LogP contribution >= 0.6 is 0 Å². The molecule has 140 valence electrons. The minimum Gasteiger partial charge on any atom is -0.369 e. The minimum atomic E-state index is 0.282. The summed E-state index contributed by atoms with van der Waals surface area (Å²) in [5, 5.41) is 10.8. The Kier molecular flexibility index (Phi) is 6.09. The van der Waals surface area contributed by atoms with Crippen molar-refractivity contribution in [3.63, 3.8) is 0 Å². The number of hydrogen-bond acceptors (Lipinski definition) is 5. The Morgan fingerprint density at radius 1 is 1.35 bits per heavy atom. The van der Waals surface area contributed by atoms with Crippen LogP contribution in [-0.2, 0) is 6.42 Å². The Bertz CT molecular complexity index is 712. The van der Waals surface area contributed by atoms with E-state index in [1.54, 1.807) is 7.05 Å². The van der Waals surface area contributed by atoms with Gasteiger partial charge in [0.25, 0.3) is 0 Å². The largest absolute Gasteiger partial charge is 0.369 e. The van der Waals surface area contributed by atoms with Gasteiger partial charge in [-0.15, -0.1) is 0 Å². The van der Waals surface area contributed by atoms with Crippen LogP contribution in [0.4, 0.5) is 5.69 Å². The van der Waals surface area contributed by atoms with Gasteiger partial charge in [-0.1, -0.05) is 37.2 Å². The number of aromatic nitrogens is 2. The molecule has 1 atom stereocenters. The van der Waals surface area contributed by atoms with Crippen LogP contribution in [0.2, 0.25) is 0 Å². The fourth-order valence-electron chi connectivity index (χ4n) is 3.03. The Morgan fingerprint density at radius 2 is 2.15 bits per heavy atom. The first-order valence-corrected chi connectivity index (χ1v) is 9.25. The third-order valence-corrected chi connectivity index (χ3v) is 4.51. The fourth-order valence-corrected chi connectivity index (χ4v) is 3.03. The molecule has 1 saturated heterocycles. The van der Waals surface area contributed by atoms with Crippen LogP contribution in [-0.4, -0.2) is 48.8 Å². The molecule has 2 heterocycles. The van der Waals surface area contributed by atoms with E-state index in [4.69, 9.17) is 4.52 Å². The van der Waals surface area contributed by atoms with Crippen LogP contribution in [0.5, 0.6) is 0 Å². The fraction of sp³-hybridized carbons (Fsp3) is 0.526. The average Bonchev–Trinajstić information content (AvgIpc) is 3.31. The molecule has 7 nitrogen and oxygen atoms in total. The molecule has 1 aromatic carbocycles. The zero-order valence-corrected chi connectivity index (χ0v) is 15.8. The summed E-state index contributed by atoms with van der Waals surface area (Å²) in [4.78, 5) is 11.1. The summed E-state index contributed by atoms with van der Waals surface area (Å²) in [6, 6.07) is 10.9. The molecule has 2 aromatic rings. The zero-order chi connectivity index (χ0) is 18.4. The first-order valence-electron chi connectivity index (χ1n) is 9.25. The molecule has 1 aliphatic heterocycles. The van der Waals surface area contributed by atoms with E-state index in [-0.39, 0.29) is 5.92 Å². The molecule has 1 fully saturated rings. The van der Waals surface area contributed by atoms with Gasteiger partial charge in [0.1, 0.15) is 0 Å². The van der Waals surface area contributed by atoms with Crippen molar-refractivity contribution >= 4 is 11.6 Å². The predicted octanol–water partition coefficient (Wildman–Crippen LogP) is 2.18. The molecule has 7 heteroatoms. The summed E-state index contributed by atoms with van der Waals surface area (Å²) >= 11 is 0. The molecule has 0 spiro atoms. The Hall–Kier alpha value is -2.57. The number of para-hydroxylation sites is 1. The molecule has 0 aliphatic carbocycles. The quantitative estimate of drug-likeness (QED) is 0.610. The first kappa shape index (κ1) is 18.2. The van der Waals surface area contributed by atoms with Crippen molar-refractivity contribution in [2.24, 2.45) is 4.99 Å². The van der Waals surface area contributed by atoms with E-state index in [0.29, 0.717) is 24.9 Å². The Morgan fingerprint density at radius 3 is 2.85 bits per heavy atom. The second kappa shape index (κ2) is 8.69. The van der Waals surface area contributed by atoms with E-state index in [9.17, 15) is 0 Å². The van der Waals surface area contributed by atoms with Crippen molar-refractivity contribution in [1.29, 1.82) is 0 Å². The van der Waals surface area contributed by atoms with E-state index >= 15 is 0 Å². The highest BCUT2D eigenvalue weighted by atomic mass is 16.5. The monoisotopic (exact) mass is 356 g/mol. The molecule has 1 aromatic heterocycles. The van der Waals surface area contributed by atoms with E-state index in [1.807, 2.05) is 0 Å². The molecule has 1 aliphatic rings. The molecule has 0 amide bonds. The standard InChI is InChI=1S/C19H28N6O/c1-14(2)18-23-17(26-24-18)9-11-21-19(20-3)22-15-10-12-25(13-15)16-7-5-4-6-8-16/h4-8,14-15H,9-13H2,1-3H3,(H2,20,21,22). The van der Waals surface area contributed by atoms with Gasteiger partial charge in [0.2, 0.25) is 5.89 Å². The summed E-state index contributed by atoms with van der Waals surface area (Å²) in [5.41, 5.74) is 1.28. The lowest BCUT2D eigenvalue weighted by Gasteiger charge is -2.20. The highest BCUT2D eigenvalue weighted by Gasteiger charge is 2.23. The Balaban J connectivity index is 1.43. The number of anilines is 1. The van der Waals surface area contributed by atoms with Crippen molar-refractivity contribution < 1.29 is 4.52 Å². The van der Waals surface area contributed by atoms with Crippen LogP contribution in [0.1, 0.15) is 37.9 Å². The van der Waals surface area contributed by atoms with Crippen LogP contribution in [0.25, 0.3) is 0 Å². The third kappa shape index (κ3) is 4.74. The lowest BCUT2D eigenvalue weighted by Crippen LogP contribution is -2.45. The number of guanidine groups is 1. The van der Waals surface area contributed by atoms with Gasteiger partial charge < -0.3 is 20.1 Å². The normalized spacial score (nSPS) is 17.8. The van der Waals surface area contributed by atoms with E-state index in [0.717, 1.165) is 31.3 Å². The number of nitrogens with zero attached hydrogens (tertiary/aromatic N) is 4. The highest BCUT2D eigenvalue weighted by molar-refractivity contribution is 5.80. The number of hydrogen-bond donors (Lipinski definition) is 2. The van der Waals surface area contributed by atoms with Gasteiger partial charge in [-0.2, -0.15) is 4.98 Å². The second-order valence-corrected chi connectivity index (χ2v) is 6.86. The molecule has 0 saturated carbocycles. The summed E-state index contributed by atoms with van der Waals surface area (Å²) in [6.07, 6.45) is 1.78. The summed E-state index contributed by atoms with van der Waals surface area (Å²) < 4.78 is 5.27. The van der Waals surface area contributed by atoms with Gasteiger partial charge >= 0.3 is 0 Å². The van der Waals surface area contributed by atoms with Crippen molar-refractivity contribution in [2.45, 2.75) is 38.6 Å². The lowest BCUT2D eigenvalue weighted by atomic mass is 10.2. The average molecular weight is 356 g/mol. The van der Waals surface area contributed by atoms with E-state index in [1.165, 1.54) is 5.69 Å². The minimum absolute atomic E-state index is 0.282. The van der Waals surface area contributed by atoms with Crippen LogP contribution in [0, 0.1) is 0 Å². The van der Waals surface area contributed by atoms with Gasteiger partial charge in [-0.25, -0.2) is 0 Å². The first-order chi connectivity index (χ1) is 12.7. The topological polar surface area (TPSA) is 78.6 Å². The molecular formula is C19H28N6O. The van der Waals surface area contributed by atoms with Gasteiger partial charge in [0.15, 0.2) is 11.8 Å². The van der Waals surface area contributed by atoms with Crippen LogP contribution in [0.15, 0.2) is 39.8 Å². The molecule has 26 heavy (non-hydrogen) atoms. The maximum absolute atomic E-state index is 5.27. The maximum Gasteiger partial charge on any atom is 0.228 e. The number of nitrogens with one attached hydrogen (secondary N) is 2. The predicted molar refractivity (Wildman–Crippen MR) is 104 cm³/mol. The third-order valence-electron chi connectivity index (χ3n) is 4.51. The second-order valence-electron chi connectivity index (χ2n) is 6.86. The number of rotatable bonds is 6. The number of benzene rings is 1. The summed E-state index contributed by atoms with van der Waals surface area (Å²) in [5.74, 6) is 2.51. The van der Waals surface area contributed by atoms with Crippen LogP contribution < -0.4 is 15.5 Å². The van der Waals surface area contributed by atoms with Crippen molar-refractivity contribution in [3.05, 3.63) is 42.0 Å². The maximum atomic E-state index is 5.27. The molecular weight excluding hydrogens is 328 g/mol. The van der Waals surface area contributed by atoms with E-state index < -0.39 is 0 Å². The highest BCUT2D eigenvalue weighted by Crippen LogP contribution is 2.19. The molecule has 3 rings (SSSR count). The van der Waals surface area contributed by atoms with Crippen LogP contribution in [0.3, 0.4) is 0 Å². The molecule has 0 bridgehead atoms. The van der Waals surface area contributed by atoms with Crippen molar-refractivity contribution in [1.82, 2.24) is 20.8 Å². The Labute approximate surface area is 154 Å². The van der Waals surface area contributed by atoms with Gasteiger partial charge in [-0.05, 0) is 18.6 Å². The SMILES string of the molecule is CN=C(NCCc1nc(C(C)C)no1)NC1CCN(c2ccccc2)C1. The van der Waals surface area contributed by atoms with Gasteiger partial charge in [0, 0.05) is 50.7 Å². The van der Waals surface area contributed by atoms with Crippen molar-refractivity contribution in [3.8, 4) is 0 Å². The molecule has 2 N–H and O–H groups in total. The van der Waals surface area contributed by atoms with Gasteiger partial charge in [0.05, 0.1) is 0 Å². The molecule has 0 radical (unpaired) electrons. The lowest BCUT2D eigenvalue weighted by molar-refractivity contribution is 0.371. The van der Waals surface area contributed by atoms with E-state index in [2.05, 4.69) is 74.8 Å². The van der Waals surface area contributed by atoms with Gasteiger partial charge in [-0.3, -0.25) is 4.99 Å². The number of aliphatic imine (C=N–C) groups is 1. The zero-order valence-electron chi connectivity index (χ0n) is 15.8. The smallest absolute Gasteiger partial charge is 0.228 e.